The third kappa shape index (κ3) is 2.58. The molecule has 0 aromatic heterocycles. The zero-order valence-corrected chi connectivity index (χ0v) is 10.6. The molecule has 2 fully saturated rings. The summed E-state index contributed by atoms with van der Waals surface area (Å²) in [4.78, 5) is 26.6. The van der Waals surface area contributed by atoms with Crippen molar-refractivity contribution in [2.75, 3.05) is 26.2 Å². The maximum atomic E-state index is 12.3. The average molecular weight is 256 g/mol. The molecule has 0 radical (unpaired) electrons. The summed E-state index contributed by atoms with van der Waals surface area (Å²) in [5.41, 5.74) is 0. The molecule has 2 aliphatic rings. The third-order valence-electron chi connectivity index (χ3n) is 3.77. The van der Waals surface area contributed by atoms with E-state index in [9.17, 15) is 9.59 Å². The summed E-state index contributed by atoms with van der Waals surface area (Å²) in [6, 6.07) is 0.117. The normalized spacial score (nSPS) is 27.3. The van der Waals surface area contributed by atoms with Crippen LogP contribution in [0, 0.1) is 11.8 Å². The number of hydrogen-bond donors (Lipinski definition) is 2. The standard InChI is InChI=1S/C12H20N2O4/c1-8-6-13(7-10(8)11(16)17)12(18)14(4-5-15)9-2-3-9/h8-10,15H,2-7H2,1H3,(H,16,17)/t8-,10-/m1/s1. The van der Waals surface area contributed by atoms with Gasteiger partial charge >= 0.3 is 12.0 Å². The fourth-order valence-corrected chi connectivity index (χ4v) is 2.55. The number of carboxylic acids is 1. The highest BCUT2D eigenvalue weighted by Crippen LogP contribution is 2.30. The van der Waals surface area contributed by atoms with Gasteiger partial charge in [0, 0.05) is 25.7 Å². The topological polar surface area (TPSA) is 81.1 Å². The lowest BCUT2D eigenvalue weighted by Crippen LogP contribution is -2.45. The Kier molecular flexibility index (Phi) is 3.75. The SMILES string of the molecule is C[C@@H]1CN(C(=O)N(CCO)C2CC2)C[C@H]1C(=O)O. The first-order valence-electron chi connectivity index (χ1n) is 6.43. The molecule has 2 amide bonds. The van der Waals surface area contributed by atoms with Crippen molar-refractivity contribution in [2.45, 2.75) is 25.8 Å². The second-order valence-corrected chi connectivity index (χ2v) is 5.26. The summed E-state index contributed by atoms with van der Waals surface area (Å²) in [6.45, 7) is 2.92. The zero-order chi connectivity index (χ0) is 13.3. The number of aliphatic hydroxyl groups is 1. The van der Waals surface area contributed by atoms with Gasteiger partial charge in [-0.1, -0.05) is 6.92 Å². The molecule has 1 heterocycles. The summed E-state index contributed by atoms with van der Waals surface area (Å²) >= 11 is 0. The van der Waals surface area contributed by atoms with E-state index in [2.05, 4.69) is 0 Å². The van der Waals surface area contributed by atoms with Crippen LogP contribution in [0.25, 0.3) is 0 Å². The number of carbonyl (C=O) groups excluding carboxylic acids is 1. The number of carbonyl (C=O) groups is 2. The Hall–Kier alpha value is -1.30. The molecule has 2 atom stereocenters. The van der Waals surface area contributed by atoms with Gasteiger partial charge in [0.25, 0.3) is 0 Å². The average Bonchev–Trinajstić information content (AvgIpc) is 3.07. The van der Waals surface area contributed by atoms with Crippen LogP contribution in [-0.2, 0) is 4.79 Å². The Morgan fingerprint density at radius 3 is 2.44 bits per heavy atom. The number of hydrogen-bond acceptors (Lipinski definition) is 3. The number of amides is 2. The number of nitrogens with zero attached hydrogens (tertiary/aromatic N) is 2. The van der Waals surface area contributed by atoms with Crippen molar-refractivity contribution in [3.63, 3.8) is 0 Å². The van der Waals surface area contributed by atoms with E-state index in [1.807, 2.05) is 6.92 Å². The molecule has 2 rings (SSSR count). The fraction of sp³-hybridized carbons (Fsp3) is 0.833. The van der Waals surface area contributed by atoms with E-state index in [0.29, 0.717) is 13.1 Å². The van der Waals surface area contributed by atoms with Crippen LogP contribution in [0.4, 0.5) is 4.79 Å². The zero-order valence-electron chi connectivity index (χ0n) is 10.6. The van der Waals surface area contributed by atoms with Crippen molar-refractivity contribution in [2.24, 2.45) is 11.8 Å². The fourth-order valence-electron chi connectivity index (χ4n) is 2.55. The third-order valence-corrected chi connectivity index (χ3v) is 3.77. The molecule has 1 aliphatic carbocycles. The van der Waals surface area contributed by atoms with Crippen LogP contribution in [0.2, 0.25) is 0 Å². The van der Waals surface area contributed by atoms with Gasteiger partial charge < -0.3 is 20.0 Å². The first-order valence-corrected chi connectivity index (χ1v) is 6.43. The van der Waals surface area contributed by atoms with Crippen molar-refractivity contribution in [3.8, 4) is 0 Å². The Labute approximate surface area is 106 Å². The van der Waals surface area contributed by atoms with E-state index in [1.165, 1.54) is 0 Å². The first kappa shape index (κ1) is 13.1. The monoisotopic (exact) mass is 256 g/mol. The van der Waals surface area contributed by atoms with Gasteiger partial charge in [-0.3, -0.25) is 4.79 Å². The van der Waals surface area contributed by atoms with Crippen LogP contribution in [-0.4, -0.2) is 64.3 Å². The molecule has 1 saturated heterocycles. The Morgan fingerprint density at radius 1 is 1.33 bits per heavy atom. The second kappa shape index (κ2) is 5.14. The van der Waals surface area contributed by atoms with Gasteiger partial charge in [-0.05, 0) is 18.8 Å². The first-order chi connectivity index (χ1) is 8.54. The molecule has 6 nitrogen and oxygen atoms in total. The Morgan fingerprint density at radius 2 is 2.00 bits per heavy atom. The molecule has 0 bridgehead atoms. The van der Waals surface area contributed by atoms with E-state index in [-0.39, 0.29) is 31.1 Å². The molecule has 1 saturated carbocycles. The van der Waals surface area contributed by atoms with Crippen LogP contribution in [0.3, 0.4) is 0 Å². The minimum Gasteiger partial charge on any atom is -0.481 e. The highest BCUT2D eigenvalue weighted by atomic mass is 16.4. The molecule has 6 heteroatoms. The van der Waals surface area contributed by atoms with Crippen molar-refractivity contribution in [1.82, 2.24) is 9.80 Å². The lowest BCUT2D eigenvalue weighted by Gasteiger charge is -2.27. The van der Waals surface area contributed by atoms with Crippen molar-refractivity contribution in [1.29, 1.82) is 0 Å². The van der Waals surface area contributed by atoms with Crippen LogP contribution in [0.1, 0.15) is 19.8 Å². The van der Waals surface area contributed by atoms with Gasteiger partial charge in [-0.15, -0.1) is 0 Å². The molecule has 0 aromatic carbocycles. The molecule has 18 heavy (non-hydrogen) atoms. The van der Waals surface area contributed by atoms with Crippen LogP contribution < -0.4 is 0 Å². The number of likely N-dealkylation sites (tertiary alicyclic amines) is 1. The van der Waals surface area contributed by atoms with E-state index in [0.717, 1.165) is 12.8 Å². The van der Waals surface area contributed by atoms with E-state index >= 15 is 0 Å². The Bertz CT molecular complexity index is 343. The van der Waals surface area contributed by atoms with Crippen LogP contribution >= 0.6 is 0 Å². The number of urea groups is 1. The van der Waals surface area contributed by atoms with E-state index in [4.69, 9.17) is 10.2 Å². The molecule has 2 N–H and O–H groups in total. The molecule has 102 valence electrons. The van der Waals surface area contributed by atoms with Crippen molar-refractivity contribution in [3.05, 3.63) is 0 Å². The smallest absolute Gasteiger partial charge is 0.320 e. The minimum absolute atomic E-state index is 0.0124. The summed E-state index contributed by atoms with van der Waals surface area (Å²) in [5.74, 6) is -1.32. The number of rotatable bonds is 4. The van der Waals surface area contributed by atoms with Crippen molar-refractivity contribution < 1.29 is 19.8 Å². The van der Waals surface area contributed by atoms with E-state index in [1.54, 1.807) is 9.80 Å². The van der Waals surface area contributed by atoms with Crippen molar-refractivity contribution >= 4 is 12.0 Å². The Balaban J connectivity index is 1.98. The van der Waals surface area contributed by atoms with Crippen LogP contribution in [0.15, 0.2) is 0 Å². The maximum Gasteiger partial charge on any atom is 0.320 e. The van der Waals surface area contributed by atoms with Crippen LogP contribution in [0.5, 0.6) is 0 Å². The molecular weight excluding hydrogens is 236 g/mol. The molecule has 1 aliphatic heterocycles. The maximum absolute atomic E-state index is 12.3. The molecule has 0 spiro atoms. The minimum atomic E-state index is -0.835. The summed E-state index contributed by atoms with van der Waals surface area (Å²) < 4.78 is 0. The number of carboxylic acid groups (broad SMARTS) is 1. The van der Waals surface area contributed by atoms with Gasteiger partial charge in [0.15, 0.2) is 0 Å². The second-order valence-electron chi connectivity index (χ2n) is 5.26. The summed E-state index contributed by atoms with van der Waals surface area (Å²) in [6.07, 6.45) is 1.97. The molecular formula is C12H20N2O4. The largest absolute Gasteiger partial charge is 0.481 e. The van der Waals surface area contributed by atoms with Gasteiger partial charge in [0.05, 0.1) is 12.5 Å². The summed E-state index contributed by atoms with van der Waals surface area (Å²) in [7, 11) is 0. The lowest BCUT2D eigenvalue weighted by atomic mass is 9.99. The predicted molar refractivity (Wildman–Crippen MR) is 64.1 cm³/mol. The number of aliphatic carboxylic acids is 1. The predicted octanol–water partition coefficient (Wildman–Crippen LogP) is 0.216. The molecule has 0 unspecified atom stereocenters. The summed E-state index contributed by atoms with van der Waals surface area (Å²) in [5, 5.41) is 18.0. The van der Waals surface area contributed by atoms with E-state index < -0.39 is 11.9 Å². The lowest BCUT2D eigenvalue weighted by molar-refractivity contribution is -0.142. The molecule has 0 aromatic rings. The van der Waals surface area contributed by atoms with Gasteiger partial charge in [-0.2, -0.15) is 0 Å². The highest BCUT2D eigenvalue weighted by Gasteiger charge is 2.41. The quantitative estimate of drug-likeness (QED) is 0.753. The number of aliphatic hydroxyl groups excluding tert-OH is 1. The van der Waals surface area contributed by atoms with Gasteiger partial charge in [0.1, 0.15) is 0 Å². The highest BCUT2D eigenvalue weighted by molar-refractivity contribution is 5.78. The van der Waals surface area contributed by atoms with Gasteiger partial charge in [-0.25, -0.2) is 4.79 Å². The van der Waals surface area contributed by atoms with Gasteiger partial charge in [0.2, 0.25) is 0 Å².